The quantitative estimate of drug-likeness (QED) is 0.398. The van der Waals surface area contributed by atoms with Gasteiger partial charge in [-0.2, -0.15) is 0 Å². The summed E-state index contributed by atoms with van der Waals surface area (Å²) in [7, 11) is 0. The molecule has 0 saturated heterocycles. The molecule has 0 amide bonds. The Bertz CT molecular complexity index is 341. The molecule has 0 heterocycles. The van der Waals surface area contributed by atoms with E-state index in [4.69, 9.17) is 97.5 Å². The van der Waals surface area contributed by atoms with Crippen LogP contribution in [0.1, 0.15) is 26.7 Å². The van der Waals surface area contributed by atoms with Crippen LogP contribution in [-0.4, -0.2) is 9.04 Å². The molecule has 19 heavy (non-hydrogen) atoms. The maximum atomic E-state index is 5.96. The molecule has 1 nitrogen and oxygen atoms in total. The Morgan fingerprint density at radius 1 is 0.737 bits per heavy atom. The van der Waals surface area contributed by atoms with Gasteiger partial charge in [0.2, 0.25) is 9.04 Å². The van der Waals surface area contributed by atoms with Crippen molar-refractivity contribution in [3.8, 4) is 0 Å². The van der Waals surface area contributed by atoms with Crippen LogP contribution in [0.15, 0.2) is 20.1 Å². The fourth-order valence-corrected chi connectivity index (χ4v) is 2.80. The summed E-state index contributed by atoms with van der Waals surface area (Å²) >= 11 is 46.2. The molecule has 112 valence electrons. The predicted octanol–water partition coefficient (Wildman–Crippen LogP) is 7.46. The van der Waals surface area contributed by atoms with E-state index < -0.39 is 9.04 Å². The van der Waals surface area contributed by atoms with Crippen LogP contribution in [0.3, 0.4) is 0 Å². The van der Waals surface area contributed by atoms with Gasteiger partial charge in [0.15, 0.2) is 0 Å². The van der Waals surface area contributed by atoms with E-state index in [0.717, 1.165) is 0 Å². The first-order valence-corrected chi connectivity index (χ1v) is 7.86. The van der Waals surface area contributed by atoms with Gasteiger partial charge >= 0.3 is 0 Å². The van der Waals surface area contributed by atoms with Crippen molar-refractivity contribution in [1.29, 1.82) is 0 Å². The van der Waals surface area contributed by atoms with Crippen molar-refractivity contribution in [2.75, 3.05) is 0 Å². The second kappa shape index (κ2) is 8.41. The van der Waals surface area contributed by atoms with E-state index in [1.807, 2.05) is 0 Å². The molecule has 0 radical (unpaired) electrons. The lowest BCUT2D eigenvalue weighted by molar-refractivity contribution is 0.0287. The average molecular weight is 430 g/mol. The van der Waals surface area contributed by atoms with Gasteiger partial charge in [0.1, 0.15) is 8.98 Å². The summed E-state index contributed by atoms with van der Waals surface area (Å²) in [5, 5.41) is 0. The molecule has 0 aromatic rings. The van der Waals surface area contributed by atoms with E-state index in [0.29, 0.717) is 11.1 Å². The third-order valence-corrected chi connectivity index (χ3v) is 4.02. The van der Waals surface area contributed by atoms with E-state index >= 15 is 0 Å². The molecule has 0 saturated carbocycles. The number of hydrogen-bond donors (Lipinski definition) is 0. The summed E-state index contributed by atoms with van der Waals surface area (Å²) in [6.07, 6.45) is 0.0496. The van der Waals surface area contributed by atoms with Gasteiger partial charge in [-0.05, 0) is 25.0 Å². The minimum absolute atomic E-state index is 0.0248. The number of hydrogen-bond acceptors (Lipinski definition) is 1. The van der Waals surface area contributed by atoms with Crippen molar-refractivity contribution in [2.45, 2.75) is 35.7 Å². The molecule has 0 aromatic heterocycles. The molecule has 0 bridgehead atoms. The Morgan fingerprint density at radius 2 is 1.00 bits per heavy atom. The Balaban J connectivity index is 4.82. The third kappa shape index (κ3) is 9.39. The van der Waals surface area contributed by atoms with Gasteiger partial charge in [0.25, 0.3) is 0 Å². The number of ether oxygens (including phenoxy) is 1. The molecular weight excluding hydrogens is 420 g/mol. The molecule has 0 spiro atoms. The van der Waals surface area contributed by atoms with E-state index in [1.54, 1.807) is 13.8 Å². The standard InChI is InChI=1S/C10H10Cl8O/c1-5(7(11)12)3-9(15,16)19-10(17,18)4-6(2)8(13)14/h3-4H2,1-2H3. The van der Waals surface area contributed by atoms with Crippen LogP contribution >= 0.6 is 92.8 Å². The van der Waals surface area contributed by atoms with Crippen molar-refractivity contribution in [3.63, 3.8) is 0 Å². The summed E-state index contributed by atoms with van der Waals surface area (Å²) in [6, 6.07) is 0. The van der Waals surface area contributed by atoms with Crippen molar-refractivity contribution in [1.82, 2.24) is 0 Å². The zero-order chi connectivity index (χ0) is 15.4. The van der Waals surface area contributed by atoms with Crippen LogP contribution in [-0.2, 0) is 4.74 Å². The molecular formula is C10H10Cl8O. The molecule has 0 unspecified atom stereocenters. The van der Waals surface area contributed by atoms with Gasteiger partial charge in [0.05, 0.1) is 0 Å². The Labute approximate surface area is 152 Å². The smallest absolute Gasteiger partial charge is 0.224 e. The summed E-state index contributed by atoms with van der Waals surface area (Å²) in [5.74, 6) is 0. The molecule has 0 N–H and O–H groups in total. The molecule has 0 aliphatic rings. The van der Waals surface area contributed by atoms with Crippen LogP contribution in [0.2, 0.25) is 0 Å². The van der Waals surface area contributed by atoms with E-state index in [2.05, 4.69) is 0 Å². The van der Waals surface area contributed by atoms with Crippen molar-refractivity contribution in [3.05, 3.63) is 20.1 Å². The first kappa shape index (κ1) is 20.8. The molecule has 0 fully saturated rings. The van der Waals surface area contributed by atoms with E-state index in [-0.39, 0.29) is 21.8 Å². The van der Waals surface area contributed by atoms with Gasteiger partial charge in [-0.15, -0.1) is 0 Å². The number of rotatable bonds is 6. The minimum Gasteiger partial charge on any atom is -0.309 e. The second-order valence-electron chi connectivity index (χ2n) is 3.81. The fraction of sp³-hybridized carbons (Fsp3) is 0.600. The van der Waals surface area contributed by atoms with Gasteiger partial charge in [-0.25, -0.2) is 0 Å². The molecule has 0 aromatic carbocycles. The fourth-order valence-electron chi connectivity index (χ4n) is 1.04. The van der Waals surface area contributed by atoms with Crippen LogP contribution in [0.4, 0.5) is 0 Å². The monoisotopic (exact) mass is 426 g/mol. The average Bonchev–Trinajstić information content (AvgIpc) is 2.13. The predicted molar refractivity (Wildman–Crippen MR) is 88.0 cm³/mol. The first-order valence-electron chi connectivity index (χ1n) is 4.83. The highest BCUT2D eigenvalue weighted by atomic mass is 35.5. The topological polar surface area (TPSA) is 9.23 Å². The SMILES string of the molecule is CC(CC(Cl)(Cl)OC(Cl)(Cl)CC(C)=C(Cl)Cl)=C(Cl)Cl. The maximum Gasteiger partial charge on any atom is 0.224 e. The summed E-state index contributed by atoms with van der Waals surface area (Å²) in [4.78, 5) is 0. The lowest BCUT2D eigenvalue weighted by Crippen LogP contribution is -2.30. The Hall–Kier alpha value is 1.76. The minimum atomic E-state index is -1.69. The van der Waals surface area contributed by atoms with E-state index in [9.17, 15) is 0 Å². The largest absolute Gasteiger partial charge is 0.309 e. The summed E-state index contributed by atoms with van der Waals surface area (Å²) < 4.78 is 1.93. The highest BCUT2D eigenvalue weighted by molar-refractivity contribution is 6.57. The van der Waals surface area contributed by atoms with Crippen LogP contribution in [0.5, 0.6) is 0 Å². The highest BCUT2D eigenvalue weighted by Crippen LogP contribution is 2.42. The molecule has 9 heteroatoms. The third-order valence-electron chi connectivity index (χ3n) is 1.89. The first-order chi connectivity index (χ1) is 8.36. The molecule has 0 rings (SSSR count). The number of halogens is 8. The second-order valence-corrected chi connectivity index (χ2v) is 8.54. The Morgan fingerprint density at radius 3 is 1.21 bits per heavy atom. The lowest BCUT2D eigenvalue weighted by atomic mass is 10.2. The van der Waals surface area contributed by atoms with Gasteiger partial charge in [-0.3, -0.25) is 0 Å². The zero-order valence-electron chi connectivity index (χ0n) is 9.85. The van der Waals surface area contributed by atoms with Gasteiger partial charge in [-0.1, -0.05) is 92.8 Å². The van der Waals surface area contributed by atoms with Crippen molar-refractivity contribution in [2.24, 2.45) is 0 Å². The van der Waals surface area contributed by atoms with Crippen LogP contribution < -0.4 is 0 Å². The molecule has 0 aliphatic heterocycles. The Kier molecular flexibility index (Phi) is 9.19. The van der Waals surface area contributed by atoms with Crippen molar-refractivity contribution < 1.29 is 4.74 Å². The van der Waals surface area contributed by atoms with E-state index in [1.165, 1.54) is 0 Å². The zero-order valence-corrected chi connectivity index (χ0v) is 15.9. The van der Waals surface area contributed by atoms with Gasteiger partial charge in [0, 0.05) is 12.8 Å². The van der Waals surface area contributed by atoms with Crippen LogP contribution in [0, 0.1) is 0 Å². The molecule has 0 aliphatic carbocycles. The molecule has 0 atom stereocenters. The summed E-state index contributed by atoms with van der Waals surface area (Å²) in [6.45, 7) is 3.28. The summed E-state index contributed by atoms with van der Waals surface area (Å²) in [5.41, 5.74) is 1.06. The highest BCUT2D eigenvalue weighted by Gasteiger charge is 2.38. The van der Waals surface area contributed by atoms with Crippen molar-refractivity contribution >= 4 is 92.8 Å². The normalized spacial score (nSPS) is 12.3. The van der Waals surface area contributed by atoms with Gasteiger partial charge < -0.3 is 4.74 Å². The van der Waals surface area contributed by atoms with Crippen LogP contribution in [0.25, 0.3) is 0 Å². The maximum absolute atomic E-state index is 5.96. The lowest BCUT2D eigenvalue weighted by Gasteiger charge is -2.29. The number of alkyl halides is 4.